The van der Waals surface area contributed by atoms with Gasteiger partial charge in [0, 0.05) is 0 Å². The highest BCUT2D eigenvalue weighted by molar-refractivity contribution is 5.09. The summed E-state index contributed by atoms with van der Waals surface area (Å²) in [7, 11) is 0. The first-order valence-electron chi connectivity index (χ1n) is 16.1. The van der Waals surface area contributed by atoms with E-state index in [1.54, 1.807) is 0 Å². The average Bonchev–Trinajstić information content (AvgIpc) is 3.46. The molecule has 4 fully saturated rings. The Morgan fingerprint density at radius 2 is 1.75 bits per heavy atom. The van der Waals surface area contributed by atoms with E-state index < -0.39 is 0 Å². The van der Waals surface area contributed by atoms with Gasteiger partial charge in [-0.05, 0) is 130 Å². The molecule has 0 aliphatic heterocycles. The summed E-state index contributed by atoms with van der Waals surface area (Å²) >= 11 is 0. The van der Waals surface area contributed by atoms with Crippen molar-refractivity contribution in [1.29, 1.82) is 0 Å². The zero-order valence-corrected chi connectivity index (χ0v) is 24.1. The van der Waals surface area contributed by atoms with Crippen molar-refractivity contribution in [2.24, 2.45) is 46.3 Å². The number of hydrogen-bond acceptors (Lipinski definition) is 1. The summed E-state index contributed by atoms with van der Waals surface area (Å²) in [5, 5.41) is 10.3. The molecule has 0 bridgehead atoms. The molecule has 3 nitrogen and oxygen atoms in total. The molecule has 1 N–H and O–H groups in total. The average molecular weight is 498 g/mol. The lowest BCUT2D eigenvalue weighted by Gasteiger charge is -2.61. The monoisotopic (exact) mass is 497 g/mol. The van der Waals surface area contributed by atoms with Crippen LogP contribution in [-0.4, -0.2) is 15.8 Å². The van der Waals surface area contributed by atoms with E-state index in [4.69, 9.17) is 0 Å². The van der Waals surface area contributed by atoms with Crippen LogP contribution in [0.25, 0.3) is 0 Å². The Morgan fingerprint density at radius 1 is 0.944 bits per heavy atom. The Labute approximate surface area is 222 Å². The number of aromatic nitrogens is 2. The van der Waals surface area contributed by atoms with Gasteiger partial charge in [-0.15, -0.1) is 0 Å². The molecule has 3 heteroatoms. The lowest BCUT2D eigenvalue weighted by Crippen LogP contribution is -2.54. The number of aliphatic hydroxyl groups is 1. The van der Waals surface area contributed by atoms with Crippen LogP contribution in [0.3, 0.4) is 0 Å². The van der Waals surface area contributed by atoms with Gasteiger partial charge in [0.1, 0.15) is 12.4 Å². The van der Waals surface area contributed by atoms with Gasteiger partial charge < -0.3 is 5.11 Å². The minimum atomic E-state index is -0.0206. The van der Waals surface area contributed by atoms with Crippen molar-refractivity contribution in [3.05, 3.63) is 18.7 Å². The second kappa shape index (κ2) is 11.1. The molecule has 9 atom stereocenters. The molecule has 1 aromatic rings. The van der Waals surface area contributed by atoms with E-state index >= 15 is 0 Å². The van der Waals surface area contributed by atoms with Gasteiger partial charge in [0.15, 0.2) is 0 Å². The van der Waals surface area contributed by atoms with Crippen molar-refractivity contribution in [3.8, 4) is 0 Å². The number of rotatable bonds is 10. The van der Waals surface area contributed by atoms with Crippen LogP contribution in [0.2, 0.25) is 0 Å². The maximum absolute atomic E-state index is 10.3. The minimum absolute atomic E-state index is 0.0206. The second-order valence-electron chi connectivity index (χ2n) is 14.4. The number of aliphatic hydroxyl groups excluding tert-OH is 1. The molecule has 204 valence electrons. The zero-order valence-electron chi connectivity index (χ0n) is 24.1. The molecule has 0 spiro atoms. The SMILES string of the molecule is CCCCCCn1cc[n+](CCC[C@@H](C)[C@H]2CC[C@H]3[C@@H]4CC[C@@H]5C[C@H](O)CC[C@]5(C)[C@H]4CC[C@]23C)c1. The van der Waals surface area contributed by atoms with E-state index in [-0.39, 0.29) is 6.10 Å². The van der Waals surface area contributed by atoms with Gasteiger partial charge in [-0.25, -0.2) is 9.13 Å². The highest BCUT2D eigenvalue weighted by Crippen LogP contribution is 2.68. The summed E-state index contributed by atoms with van der Waals surface area (Å²) < 4.78 is 4.82. The van der Waals surface area contributed by atoms with Gasteiger partial charge in [0.25, 0.3) is 0 Å². The molecule has 0 aromatic carbocycles. The first kappa shape index (κ1) is 26.8. The summed E-state index contributed by atoms with van der Waals surface area (Å²) in [4.78, 5) is 0. The third-order valence-electron chi connectivity index (χ3n) is 12.5. The highest BCUT2D eigenvalue weighted by Gasteiger charge is 2.60. The molecule has 1 heterocycles. The van der Waals surface area contributed by atoms with Crippen LogP contribution in [0, 0.1) is 46.3 Å². The Balaban J connectivity index is 1.14. The molecule has 0 unspecified atom stereocenters. The number of fused-ring (bicyclic) bond motifs is 5. The number of aryl methyl sites for hydroxylation is 2. The Kier molecular flexibility index (Phi) is 8.26. The Morgan fingerprint density at radius 3 is 2.58 bits per heavy atom. The van der Waals surface area contributed by atoms with Crippen LogP contribution in [0.15, 0.2) is 18.7 Å². The van der Waals surface area contributed by atoms with Gasteiger partial charge in [-0.1, -0.05) is 40.5 Å². The van der Waals surface area contributed by atoms with E-state index in [1.807, 2.05) is 0 Å². The van der Waals surface area contributed by atoms with Gasteiger partial charge >= 0.3 is 0 Å². The third kappa shape index (κ3) is 5.08. The fourth-order valence-corrected chi connectivity index (χ4v) is 10.4. The van der Waals surface area contributed by atoms with Crippen molar-refractivity contribution < 1.29 is 9.67 Å². The van der Waals surface area contributed by atoms with E-state index in [2.05, 4.69) is 55.6 Å². The van der Waals surface area contributed by atoms with Crippen LogP contribution in [0.4, 0.5) is 0 Å². The van der Waals surface area contributed by atoms with E-state index in [9.17, 15) is 5.11 Å². The molecule has 4 aliphatic carbocycles. The van der Waals surface area contributed by atoms with E-state index in [1.165, 1.54) is 96.6 Å². The van der Waals surface area contributed by atoms with Gasteiger partial charge in [0.2, 0.25) is 6.33 Å². The van der Waals surface area contributed by atoms with Crippen LogP contribution in [-0.2, 0) is 13.1 Å². The van der Waals surface area contributed by atoms with Crippen LogP contribution < -0.4 is 4.57 Å². The molecular weight excluding hydrogens is 440 g/mol. The van der Waals surface area contributed by atoms with E-state index in [0.717, 1.165) is 48.3 Å². The summed E-state index contributed by atoms with van der Waals surface area (Å²) in [6, 6.07) is 0. The zero-order chi connectivity index (χ0) is 25.3. The molecular formula is C33H57N2O+. The van der Waals surface area contributed by atoms with Crippen molar-refractivity contribution >= 4 is 0 Å². The Hall–Kier alpha value is -0.830. The number of unbranched alkanes of at least 4 members (excludes halogenated alkanes) is 3. The summed E-state index contributed by atoms with van der Waals surface area (Å²) in [5.74, 6) is 5.42. The first-order valence-corrected chi connectivity index (χ1v) is 16.1. The molecule has 0 saturated heterocycles. The second-order valence-corrected chi connectivity index (χ2v) is 14.4. The van der Waals surface area contributed by atoms with Gasteiger partial charge in [-0.2, -0.15) is 0 Å². The van der Waals surface area contributed by atoms with E-state index in [0.29, 0.717) is 10.8 Å². The number of imidazole rings is 1. The molecule has 36 heavy (non-hydrogen) atoms. The maximum atomic E-state index is 10.3. The highest BCUT2D eigenvalue weighted by atomic mass is 16.3. The van der Waals surface area contributed by atoms with Crippen LogP contribution >= 0.6 is 0 Å². The first-order chi connectivity index (χ1) is 17.3. The molecule has 5 rings (SSSR count). The summed E-state index contributed by atoms with van der Waals surface area (Å²) in [5.41, 5.74) is 1.09. The maximum Gasteiger partial charge on any atom is 0.243 e. The van der Waals surface area contributed by atoms with Crippen molar-refractivity contribution in [3.63, 3.8) is 0 Å². The molecule has 4 saturated carbocycles. The molecule has 4 aliphatic rings. The van der Waals surface area contributed by atoms with Gasteiger partial charge in [0.05, 0.1) is 19.2 Å². The summed E-state index contributed by atoms with van der Waals surface area (Å²) in [6.45, 7) is 12.6. The molecule has 1 aromatic heterocycles. The molecule has 0 radical (unpaired) electrons. The lowest BCUT2D eigenvalue weighted by molar-refractivity contribution is -0.697. The number of nitrogens with zero attached hydrogens (tertiary/aromatic N) is 2. The van der Waals surface area contributed by atoms with Crippen LogP contribution in [0.5, 0.6) is 0 Å². The predicted molar refractivity (Wildman–Crippen MR) is 148 cm³/mol. The Bertz CT molecular complexity index is 848. The molecule has 0 amide bonds. The third-order valence-corrected chi connectivity index (χ3v) is 12.5. The fourth-order valence-electron chi connectivity index (χ4n) is 10.4. The van der Waals surface area contributed by atoms with Crippen molar-refractivity contribution in [2.45, 2.75) is 143 Å². The largest absolute Gasteiger partial charge is 0.393 e. The smallest absolute Gasteiger partial charge is 0.243 e. The van der Waals surface area contributed by atoms with Crippen molar-refractivity contribution in [2.75, 3.05) is 0 Å². The normalized spacial score (nSPS) is 40.9. The predicted octanol–water partition coefficient (Wildman–Crippen LogP) is 7.79. The summed E-state index contributed by atoms with van der Waals surface area (Å²) in [6.07, 6.45) is 27.1. The number of hydrogen-bond donors (Lipinski definition) is 1. The van der Waals surface area contributed by atoms with Gasteiger partial charge in [-0.3, -0.25) is 0 Å². The topological polar surface area (TPSA) is 29.0 Å². The standard InChI is InChI=1S/C33H57N2O/c1-5-6-7-8-19-34-21-22-35(24-34)20-9-10-25(2)29-13-14-30-28-12-11-26-23-27(36)15-17-32(26,3)31(28)16-18-33(29,30)4/h21-22,24-31,36H,5-20,23H2,1-4H3/q+1/t25-,26-,27-,28+,29-,30+,31+,32+,33-/m1/s1. The van der Waals surface area contributed by atoms with Crippen LogP contribution in [0.1, 0.15) is 124 Å². The lowest BCUT2D eigenvalue weighted by atomic mass is 9.44. The minimum Gasteiger partial charge on any atom is -0.393 e. The quantitative estimate of drug-likeness (QED) is 0.259. The van der Waals surface area contributed by atoms with Crippen molar-refractivity contribution in [1.82, 2.24) is 4.57 Å². The fraction of sp³-hybridized carbons (Fsp3) is 0.909.